The quantitative estimate of drug-likeness (QED) is 0.868. The number of nitrogens with one attached hydrogen (secondary N) is 2. The summed E-state index contributed by atoms with van der Waals surface area (Å²) in [6.45, 7) is 3.39. The minimum Gasteiger partial charge on any atom is -0.355 e. The summed E-state index contributed by atoms with van der Waals surface area (Å²) in [5.74, 6) is -0.117. The van der Waals surface area contributed by atoms with Crippen LogP contribution in [0.5, 0.6) is 0 Å². The first-order valence-corrected chi connectivity index (χ1v) is 9.03. The average Bonchev–Trinajstić information content (AvgIpc) is 3.21. The van der Waals surface area contributed by atoms with Crippen LogP contribution in [0.2, 0.25) is 0 Å². The van der Waals surface area contributed by atoms with Crippen molar-refractivity contribution in [1.82, 2.24) is 20.5 Å². The maximum absolute atomic E-state index is 12.3. The molecule has 1 aliphatic heterocycles. The van der Waals surface area contributed by atoms with E-state index >= 15 is 0 Å². The zero-order chi connectivity index (χ0) is 17.6. The summed E-state index contributed by atoms with van der Waals surface area (Å²) in [6.07, 6.45) is 1.80. The first kappa shape index (κ1) is 17.2. The van der Waals surface area contributed by atoms with Crippen molar-refractivity contribution in [1.29, 1.82) is 0 Å². The van der Waals surface area contributed by atoms with Crippen molar-refractivity contribution in [2.45, 2.75) is 6.54 Å². The SMILES string of the molecule is CNC(=O)c1ccc(CNC(=O)N2CCN(c3nccs3)CC2)cc1. The number of anilines is 1. The molecule has 0 unspecified atom stereocenters. The van der Waals surface area contributed by atoms with E-state index in [-0.39, 0.29) is 11.9 Å². The third kappa shape index (κ3) is 4.27. The van der Waals surface area contributed by atoms with Crippen molar-refractivity contribution in [3.63, 3.8) is 0 Å². The van der Waals surface area contributed by atoms with Gasteiger partial charge in [-0.05, 0) is 17.7 Å². The molecule has 1 aliphatic rings. The molecule has 0 saturated carbocycles. The second-order valence-corrected chi connectivity index (χ2v) is 6.60. The van der Waals surface area contributed by atoms with Crippen LogP contribution in [0.4, 0.5) is 9.93 Å². The van der Waals surface area contributed by atoms with Crippen LogP contribution in [0.1, 0.15) is 15.9 Å². The number of hydrogen-bond donors (Lipinski definition) is 2. The highest BCUT2D eigenvalue weighted by Crippen LogP contribution is 2.18. The van der Waals surface area contributed by atoms with Gasteiger partial charge in [-0.2, -0.15) is 0 Å². The fourth-order valence-electron chi connectivity index (χ4n) is 2.68. The summed E-state index contributed by atoms with van der Waals surface area (Å²) < 4.78 is 0. The van der Waals surface area contributed by atoms with Gasteiger partial charge in [0, 0.05) is 56.9 Å². The normalized spacial score (nSPS) is 14.3. The smallest absolute Gasteiger partial charge is 0.317 e. The third-order valence-electron chi connectivity index (χ3n) is 4.14. The second kappa shape index (κ2) is 7.98. The molecular weight excluding hydrogens is 338 g/mol. The maximum atomic E-state index is 12.3. The van der Waals surface area contributed by atoms with Gasteiger partial charge < -0.3 is 20.4 Å². The summed E-state index contributed by atoms with van der Waals surface area (Å²) in [4.78, 5) is 32.2. The minimum atomic E-state index is -0.117. The lowest BCUT2D eigenvalue weighted by atomic mass is 10.1. The molecular formula is C17H21N5O2S. The largest absolute Gasteiger partial charge is 0.355 e. The number of urea groups is 1. The number of nitrogens with zero attached hydrogens (tertiary/aromatic N) is 3. The Hall–Kier alpha value is -2.61. The van der Waals surface area contributed by atoms with E-state index in [1.54, 1.807) is 36.7 Å². The van der Waals surface area contributed by atoms with Gasteiger partial charge in [0.25, 0.3) is 5.91 Å². The maximum Gasteiger partial charge on any atom is 0.317 e. The fourth-order valence-corrected chi connectivity index (χ4v) is 3.38. The Kier molecular flexibility index (Phi) is 5.49. The number of benzene rings is 1. The fraction of sp³-hybridized carbons (Fsp3) is 0.353. The molecule has 0 aliphatic carbocycles. The molecule has 3 amide bonds. The van der Waals surface area contributed by atoms with Crippen molar-refractivity contribution in [3.05, 3.63) is 47.0 Å². The molecule has 1 saturated heterocycles. The van der Waals surface area contributed by atoms with E-state index < -0.39 is 0 Å². The second-order valence-electron chi connectivity index (χ2n) is 5.72. The molecule has 3 rings (SSSR count). The molecule has 0 bridgehead atoms. The van der Waals surface area contributed by atoms with Gasteiger partial charge in [-0.1, -0.05) is 12.1 Å². The van der Waals surface area contributed by atoms with Crippen LogP contribution in [0.3, 0.4) is 0 Å². The van der Waals surface area contributed by atoms with Crippen LogP contribution in [0.25, 0.3) is 0 Å². The predicted octanol–water partition coefficient (Wildman–Crippen LogP) is 1.53. The first-order chi connectivity index (χ1) is 12.2. The predicted molar refractivity (Wildman–Crippen MR) is 98.0 cm³/mol. The van der Waals surface area contributed by atoms with Gasteiger partial charge in [-0.3, -0.25) is 4.79 Å². The molecule has 2 aromatic rings. The van der Waals surface area contributed by atoms with Crippen LogP contribution in [0, 0.1) is 0 Å². The molecule has 2 N–H and O–H groups in total. The lowest BCUT2D eigenvalue weighted by molar-refractivity contribution is 0.0963. The molecule has 1 fully saturated rings. The number of piperazine rings is 1. The van der Waals surface area contributed by atoms with Crippen molar-refractivity contribution in [2.75, 3.05) is 38.1 Å². The zero-order valence-electron chi connectivity index (χ0n) is 14.1. The third-order valence-corrected chi connectivity index (χ3v) is 4.98. The lowest BCUT2D eigenvalue weighted by Crippen LogP contribution is -2.51. The monoisotopic (exact) mass is 359 g/mol. The summed E-state index contributed by atoms with van der Waals surface area (Å²) >= 11 is 1.62. The molecule has 1 aromatic carbocycles. The topological polar surface area (TPSA) is 77.6 Å². The standard InChI is InChI=1S/C17H21N5O2S/c1-18-15(23)14-4-2-13(3-5-14)12-20-16(24)21-7-9-22(10-8-21)17-19-6-11-25-17/h2-6,11H,7-10,12H2,1H3,(H,18,23)(H,20,24). The Labute approximate surface area is 150 Å². The van der Waals surface area contributed by atoms with Gasteiger partial charge >= 0.3 is 6.03 Å². The van der Waals surface area contributed by atoms with Gasteiger partial charge in [0.1, 0.15) is 0 Å². The van der Waals surface area contributed by atoms with Gasteiger partial charge in [0.2, 0.25) is 0 Å². The minimum absolute atomic E-state index is 0.0610. The summed E-state index contributed by atoms with van der Waals surface area (Å²) in [7, 11) is 1.60. The van der Waals surface area contributed by atoms with Crippen LogP contribution >= 0.6 is 11.3 Å². The van der Waals surface area contributed by atoms with E-state index in [0.29, 0.717) is 25.2 Å². The Morgan fingerprint density at radius 3 is 2.48 bits per heavy atom. The Balaban J connectivity index is 1.46. The molecule has 2 heterocycles. The van der Waals surface area contributed by atoms with E-state index in [1.807, 2.05) is 22.4 Å². The zero-order valence-corrected chi connectivity index (χ0v) is 14.9. The Bertz CT molecular complexity index is 709. The van der Waals surface area contributed by atoms with Crippen molar-refractivity contribution < 1.29 is 9.59 Å². The Morgan fingerprint density at radius 2 is 1.88 bits per heavy atom. The highest BCUT2D eigenvalue weighted by Gasteiger charge is 2.22. The number of thiazole rings is 1. The Morgan fingerprint density at radius 1 is 1.16 bits per heavy atom. The van der Waals surface area contributed by atoms with E-state index in [2.05, 4.69) is 20.5 Å². The van der Waals surface area contributed by atoms with Crippen molar-refractivity contribution in [2.24, 2.45) is 0 Å². The van der Waals surface area contributed by atoms with Crippen LogP contribution < -0.4 is 15.5 Å². The van der Waals surface area contributed by atoms with Gasteiger partial charge in [0.05, 0.1) is 0 Å². The van der Waals surface area contributed by atoms with Crippen LogP contribution in [-0.4, -0.2) is 55.0 Å². The molecule has 0 spiro atoms. The molecule has 132 valence electrons. The summed E-state index contributed by atoms with van der Waals surface area (Å²) in [5, 5.41) is 8.49. The van der Waals surface area contributed by atoms with Crippen LogP contribution in [-0.2, 0) is 6.54 Å². The highest BCUT2D eigenvalue weighted by atomic mass is 32.1. The molecule has 7 nitrogen and oxygen atoms in total. The number of amides is 3. The van der Waals surface area contributed by atoms with E-state index in [9.17, 15) is 9.59 Å². The van der Waals surface area contributed by atoms with Gasteiger partial charge in [-0.25, -0.2) is 9.78 Å². The van der Waals surface area contributed by atoms with E-state index in [0.717, 1.165) is 23.8 Å². The lowest BCUT2D eigenvalue weighted by Gasteiger charge is -2.34. The number of carbonyl (C=O) groups is 2. The summed E-state index contributed by atoms with van der Waals surface area (Å²) in [5.41, 5.74) is 1.57. The first-order valence-electron chi connectivity index (χ1n) is 8.15. The van der Waals surface area contributed by atoms with Crippen molar-refractivity contribution >= 4 is 28.4 Å². The molecule has 25 heavy (non-hydrogen) atoms. The number of rotatable bonds is 4. The number of aromatic nitrogens is 1. The molecule has 8 heteroatoms. The van der Waals surface area contributed by atoms with Gasteiger partial charge in [-0.15, -0.1) is 11.3 Å². The van der Waals surface area contributed by atoms with Crippen LogP contribution in [0.15, 0.2) is 35.8 Å². The number of carbonyl (C=O) groups excluding carboxylic acids is 2. The number of hydrogen-bond acceptors (Lipinski definition) is 5. The van der Waals surface area contributed by atoms with E-state index in [4.69, 9.17) is 0 Å². The molecule has 0 radical (unpaired) electrons. The van der Waals surface area contributed by atoms with Crippen molar-refractivity contribution in [3.8, 4) is 0 Å². The van der Waals surface area contributed by atoms with Gasteiger partial charge in [0.15, 0.2) is 5.13 Å². The summed E-state index contributed by atoms with van der Waals surface area (Å²) in [6, 6.07) is 7.16. The molecule has 0 atom stereocenters. The molecule has 1 aromatic heterocycles. The average molecular weight is 359 g/mol. The van der Waals surface area contributed by atoms with E-state index in [1.165, 1.54) is 0 Å². The highest BCUT2D eigenvalue weighted by molar-refractivity contribution is 7.13.